The van der Waals surface area contributed by atoms with Gasteiger partial charge in [-0.25, -0.2) is 0 Å². The van der Waals surface area contributed by atoms with E-state index in [1.807, 2.05) is 16.8 Å². The number of hydrogen-bond acceptors (Lipinski definition) is 3. The minimum absolute atomic E-state index is 0.0185. The van der Waals surface area contributed by atoms with Crippen LogP contribution in [0, 0.1) is 0 Å². The van der Waals surface area contributed by atoms with Crippen LogP contribution >= 0.6 is 34.5 Å². The molecule has 5 heteroatoms. The van der Waals surface area contributed by atoms with E-state index in [9.17, 15) is 4.79 Å². The first kappa shape index (κ1) is 13.4. The van der Waals surface area contributed by atoms with Gasteiger partial charge in [0.25, 0.3) is 0 Å². The van der Waals surface area contributed by atoms with Crippen molar-refractivity contribution < 1.29 is 4.79 Å². The zero-order valence-corrected chi connectivity index (χ0v) is 11.8. The second-order valence-corrected chi connectivity index (χ2v) is 5.50. The van der Waals surface area contributed by atoms with E-state index in [-0.39, 0.29) is 5.78 Å². The molecule has 0 atom stereocenters. The van der Waals surface area contributed by atoms with Gasteiger partial charge in [0.05, 0.1) is 15.7 Å². The first-order valence-corrected chi connectivity index (χ1v) is 7.06. The van der Waals surface area contributed by atoms with Crippen LogP contribution in [0.1, 0.15) is 22.3 Å². The number of hydrogen-bond donors (Lipinski definition) is 1. The normalized spacial score (nSPS) is 10.6. The maximum Gasteiger partial charge on any atom is 0.163 e. The Morgan fingerprint density at radius 3 is 2.50 bits per heavy atom. The van der Waals surface area contributed by atoms with Crippen molar-refractivity contribution in [2.24, 2.45) is 0 Å². The Morgan fingerprint density at radius 2 is 1.94 bits per heavy atom. The van der Waals surface area contributed by atoms with E-state index in [4.69, 9.17) is 28.9 Å². The molecular weight excluding hydrogens is 289 g/mol. The summed E-state index contributed by atoms with van der Waals surface area (Å²) in [6, 6.07) is 5.15. The average molecular weight is 300 g/mol. The zero-order chi connectivity index (χ0) is 13.1. The number of nitrogens with two attached hydrogens (primary N) is 1. The maximum atomic E-state index is 12.0. The highest BCUT2D eigenvalue weighted by molar-refractivity contribution is 7.07. The molecule has 0 spiro atoms. The Labute approximate surface area is 119 Å². The Hall–Kier alpha value is -1.03. The lowest BCUT2D eigenvalue weighted by atomic mass is 10.0. The molecule has 2 rings (SSSR count). The Kier molecular flexibility index (Phi) is 4.27. The summed E-state index contributed by atoms with van der Waals surface area (Å²) in [5.41, 5.74) is 7.62. The third-order valence-corrected chi connectivity index (χ3v) is 3.98. The molecule has 2 nitrogen and oxygen atoms in total. The van der Waals surface area contributed by atoms with Crippen molar-refractivity contribution in [1.82, 2.24) is 0 Å². The fraction of sp³-hybridized carbons (Fsp3) is 0.154. The van der Waals surface area contributed by atoms with Crippen LogP contribution in [-0.2, 0) is 6.42 Å². The van der Waals surface area contributed by atoms with Crippen molar-refractivity contribution in [2.45, 2.75) is 12.8 Å². The third-order valence-electron chi connectivity index (χ3n) is 2.62. The van der Waals surface area contributed by atoms with E-state index in [0.29, 0.717) is 27.7 Å². The summed E-state index contributed by atoms with van der Waals surface area (Å²) in [5, 5.41) is 4.68. The number of nitrogen functional groups attached to an aromatic ring is 1. The predicted molar refractivity (Wildman–Crippen MR) is 77.8 cm³/mol. The number of carbonyl (C=O) groups excluding carboxylic acids is 1. The fourth-order valence-corrected chi connectivity index (χ4v) is 2.77. The minimum atomic E-state index is 0.0185. The van der Waals surface area contributed by atoms with Crippen LogP contribution in [0.15, 0.2) is 29.0 Å². The number of carbonyl (C=O) groups is 1. The molecule has 0 aliphatic carbocycles. The van der Waals surface area contributed by atoms with E-state index < -0.39 is 0 Å². The number of ketones is 1. The van der Waals surface area contributed by atoms with Crippen LogP contribution in [-0.4, -0.2) is 5.78 Å². The van der Waals surface area contributed by atoms with Gasteiger partial charge >= 0.3 is 0 Å². The number of aryl methyl sites for hydroxylation is 1. The van der Waals surface area contributed by atoms with Gasteiger partial charge in [0.1, 0.15) is 0 Å². The number of thiophene rings is 1. The largest absolute Gasteiger partial charge is 0.396 e. The topological polar surface area (TPSA) is 43.1 Å². The molecule has 18 heavy (non-hydrogen) atoms. The Bertz CT molecular complexity index is 543. The Balaban J connectivity index is 2.09. The highest BCUT2D eigenvalue weighted by Gasteiger charge is 2.11. The van der Waals surface area contributed by atoms with Crippen molar-refractivity contribution in [3.05, 3.63) is 50.1 Å². The van der Waals surface area contributed by atoms with Crippen molar-refractivity contribution >= 4 is 46.0 Å². The molecule has 94 valence electrons. The first-order chi connectivity index (χ1) is 8.58. The van der Waals surface area contributed by atoms with E-state index >= 15 is 0 Å². The molecular formula is C13H11Cl2NOS. The molecule has 0 saturated carbocycles. The van der Waals surface area contributed by atoms with Crippen LogP contribution in [0.3, 0.4) is 0 Å². The quantitative estimate of drug-likeness (QED) is 0.669. The second kappa shape index (κ2) is 5.74. The SMILES string of the molecule is Nc1c(Cl)cc(C(=O)CCc2ccsc2)cc1Cl. The number of Topliss-reactive ketones (excluding diaryl/α,β-unsaturated/α-hetero) is 1. The van der Waals surface area contributed by atoms with Crippen molar-refractivity contribution in [3.63, 3.8) is 0 Å². The molecule has 2 N–H and O–H groups in total. The standard InChI is InChI=1S/C13H11Cl2NOS/c14-10-5-9(6-11(15)13(10)16)12(17)2-1-8-3-4-18-7-8/h3-7H,1-2,16H2. The molecule has 1 heterocycles. The maximum absolute atomic E-state index is 12.0. The van der Waals surface area contributed by atoms with E-state index in [1.54, 1.807) is 23.5 Å². The van der Waals surface area contributed by atoms with Crippen LogP contribution in [0.25, 0.3) is 0 Å². The molecule has 0 bridgehead atoms. The van der Waals surface area contributed by atoms with Crippen LogP contribution < -0.4 is 5.73 Å². The van der Waals surface area contributed by atoms with Gasteiger partial charge in [-0.3, -0.25) is 4.79 Å². The van der Waals surface area contributed by atoms with Crippen molar-refractivity contribution in [2.75, 3.05) is 5.73 Å². The number of rotatable bonds is 4. The van der Waals surface area contributed by atoms with E-state index in [2.05, 4.69) is 0 Å². The van der Waals surface area contributed by atoms with Gasteiger partial charge in [0.15, 0.2) is 5.78 Å². The molecule has 0 radical (unpaired) electrons. The van der Waals surface area contributed by atoms with E-state index in [0.717, 1.165) is 6.42 Å². The van der Waals surface area contributed by atoms with E-state index in [1.165, 1.54) is 5.56 Å². The first-order valence-electron chi connectivity index (χ1n) is 5.36. The summed E-state index contributed by atoms with van der Waals surface area (Å²) in [6.07, 6.45) is 1.16. The van der Waals surface area contributed by atoms with Crippen molar-refractivity contribution in [1.29, 1.82) is 0 Å². The van der Waals surface area contributed by atoms with Crippen molar-refractivity contribution in [3.8, 4) is 0 Å². The Morgan fingerprint density at radius 1 is 1.28 bits per heavy atom. The molecule has 1 aromatic heterocycles. The smallest absolute Gasteiger partial charge is 0.163 e. The summed E-state index contributed by atoms with van der Waals surface area (Å²) >= 11 is 13.4. The highest BCUT2D eigenvalue weighted by Crippen LogP contribution is 2.29. The fourth-order valence-electron chi connectivity index (χ4n) is 1.58. The number of anilines is 1. The van der Waals surface area contributed by atoms with Gasteiger partial charge in [-0.2, -0.15) is 11.3 Å². The van der Waals surface area contributed by atoms with Gasteiger partial charge < -0.3 is 5.73 Å². The molecule has 2 aromatic rings. The van der Waals surface area contributed by atoms with Gasteiger partial charge in [0.2, 0.25) is 0 Å². The zero-order valence-electron chi connectivity index (χ0n) is 9.45. The molecule has 0 amide bonds. The summed E-state index contributed by atoms with van der Waals surface area (Å²) in [7, 11) is 0. The minimum Gasteiger partial charge on any atom is -0.396 e. The van der Waals surface area contributed by atoms with Gasteiger partial charge in [0, 0.05) is 12.0 Å². The highest BCUT2D eigenvalue weighted by atomic mass is 35.5. The van der Waals surface area contributed by atoms with Crippen LogP contribution in [0.4, 0.5) is 5.69 Å². The van der Waals surface area contributed by atoms with Gasteiger partial charge in [-0.05, 0) is 40.9 Å². The number of halogens is 2. The lowest BCUT2D eigenvalue weighted by Gasteiger charge is -2.05. The summed E-state index contributed by atoms with van der Waals surface area (Å²) in [6.45, 7) is 0. The summed E-state index contributed by atoms with van der Waals surface area (Å²) in [5.74, 6) is 0.0185. The lowest BCUT2D eigenvalue weighted by Crippen LogP contribution is -2.02. The monoisotopic (exact) mass is 299 g/mol. The molecule has 0 saturated heterocycles. The van der Waals surface area contributed by atoms with Gasteiger partial charge in [-0.15, -0.1) is 0 Å². The molecule has 0 fully saturated rings. The number of benzene rings is 1. The van der Waals surface area contributed by atoms with Gasteiger partial charge in [-0.1, -0.05) is 23.2 Å². The molecule has 0 unspecified atom stereocenters. The summed E-state index contributed by atoms with van der Waals surface area (Å²) in [4.78, 5) is 12.0. The molecule has 0 aliphatic rings. The molecule has 1 aromatic carbocycles. The molecule has 0 aliphatic heterocycles. The summed E-state index contributed by atoms with van der Waals surface area (Å²) < 4.78 is 0. The lowest BCUT2D eigenvalue weighted by molar-refractivity contribution is 0.0983. The average Bonchev–Trinajstić information content (AvgIpc) is 2.85. The van der Waals surface area contributed by atoms with Crippen LogP contribution in [0.5, 0.6) is 0 Å². The second-order valence-electron chi connectivity index (χ2n) is 3.91. The third kappa shape index (κ3) is 3.05. The predicted octanol–water partition coefficient (Wildman–Crippen LogP) is 4.45. The van der Waals surface area contributed by atoms with Crippen LogP contribution in [0.2, 0.25) is 10.0 Å².